The first-order valence-corrected chi connectivity index (χ1v) is 6.28. The molecule has 6 nitrogen and oxygen atoms in total. The van der Waals surface area contributed by atoms with Gasteiger partial charge >= 0.3 is 0 Å². The molecule has 2 heterocycles. The summed E-state index contributed by atoms with van der Waals surface area (Å²) < 4.78 is 0. The van der Waals surface area contributed by atoms with E-state index < -0.39 is 0 Å². The van der Waals surface area contributed by atoms with Gasteiger partial charge in [0.05, 0.1) is 11.6 Å². The molecule has 1 aliphatic rings. The molecule has 1 saturated heterocycles. The zero-order valence-electron chi connectivity index (χ0n) is 10.4. The molecule has 19 heavy (non-hydrogen) atoms. The molecule has 4 N–H and O–H groups in total. The number of nitrogens with zero attached hydrogens (tertiary/aromatic N) is 2. The minimum atomic E-state index is -0.0972. The lowest BCUT2D eigenvalue weighted by atomic mass is 10.2. The molecule has 1 aliphatic heterocycles. The highest BCUT2D eigenvalue weighted by atomic mass is 16.2. The Hall–Kier alpha value is -2.21. The molecule has 1 amide bonds. The first kappa shape index (κ1) is 11.9. The number of amides is 1. The first-order chi connectivity index (χ1) is 9.24. The van der Waals surface area contributed by atoms with Gasteiger partial charge in [-0.1, -0.05) is 0 Å². The summed E-state index contributed by atoms with van der Waals surface area (Å²) >= 11 is 0. The standard InChI is InChI=1S/C13H15N5O/c14-12-9-6-8(3-4-10(9)16-7-17-12)18-13(19)11-2-1-5-15-11/h3-4,6-7,11,15H,1-2,5H2,(H,18,19)(H2,14,16,17). The fraction of sp³-hybridized carbons (Fsp3) is 0.308. The van der Waals surface area contributed by atoms with Gasteiger partial charge in [-0.05, 0) is 37.6 Å². The summed E-state index contributed by atoms with van der Waals surface area (Å²) in [5.74, 6) is 0.410. The molecule has 0 aliphatic carbocycles. The highest BCUT2D eigenvalue weighted by Gasteiger charge is 2.21. The number of anilines is 2. The van der Waals surface area contributed by atoms with Gasteiger partial charge < -0.3 is 16.4 Å². The number of nitrogen functional groups attached to an aromatic ring is 1. The third-order valence-electron chi connectivity index (χ3n) is 3.31. The van der Waals surface area contributed by atoms with Crippen molar-refractivity contribution in [1.82, 2.24) is 15.3 Å². The van der Waals surface area contributed by atoms with Crippen LogP contribution in [0.5, 0.6) is 0 Å². The van der Waals surface area contributed by atoms with Crippen molar-refractivity contribution in [2.24, 2.45) is 0 Å². The van der Waals surface area contributed by atoms with Crippen molar-refractivity contribution in [3.8, 4) is 0 Å². The lowest BCUT2D eigenvalue weighted by Gasteiger charge is -2.11. The van der Waals surface area contributed by atoms with Crippen LogP contribution in [0.2, 0.25) is 0 Å². The molecular weight excluding hydrogens is 242 g/mol. The van der Waals surface area contributed by atoms with Crippen molar-refractivity contribution >= 4 is 28.3 Å². The lowest BCUT2D eigenvalue weighted by molar-refractivity contribution is -0.117. The molecule has 1 atom stereocenters. The highest BCUT2D eigenvalue weighted by molar-refractivity contribution is 5.98. The zero-order valence-corrected chi connectivity index (χ0v) is 10.4. The van der Waals surface area contributed by atoms with Gasteiger partial charge in [-0.3, -0.25) is 4.79 Å². The van der Waals surface area contributed by atoms with E-state index in [1.165, 1.54) is 6.33 Å². The van der Waals surface area contributed by atoms with E-state index in [4.69, 9.17) is 5.73 Å². The molecule has 1 unspecified atom stereocenters. The Bertz CT molecular complexity index is 621. The number of nitrogens with one attached hydrogen (secondary N) is 2. The number of fused-ring (bicyclic) bond motifs is 1. The maximum atomic E-state index is 12.0. The van der Waals surface area contributed by atoms with Gasteiger partial charge in [-0.15, -0.1) is 0 Å². The first-order valence-electron chi connectivity index (χ1n) is 6.28. The number of nitrogens with two attached hydrogens (primary N) is 1. The number of carbonyl (C=O) groups is 1. The summed E-state index contributed by atoms with van der Waals surface area (Å²) in [7, 11) is 0. The summed E-state index contributed by atoms with van der Waals surface area (Å²) in [5.41, 5.74) is 7.29. The molecular formula is C13H15N5O. The zero-order chi connectivity index (χ0) is 13.2. The largest absolute Gasteiger partial charge is 0.383 e. The molecule has 0 radical (unpaired) electrons. The van der Waals surface area contributed by atoms with E-state index in [9.17, 15) is 4.79 Å². The number of carbonyl (C=O) groups excluding carboxylic acids is 1. The predicted octanol–water partition coefficient (Wildman–Crippen LogP) is 0.902. The van der Waals surface area contributed by atoms with Crippen LogP contribution in [0.1, 0.15) is 12.8 Å². The van der Waals surface area contributed by atoms with Crippen LogP contribution in [0.15, 0.2) is 24.5 Å². The number of aromatic nitrogens is 2. The van der Waals surface area contributed by atoms with Crippen molar-refractivity contribution in [3.05, 3.63) is 24.5 Å². The van der Waals surface area contributed by atoms with Gasteiger partial charge in [-0.2, -0.15) is 0 Å². The van der Waals surface area contributed by atoms with E-state index in [0.29, 0.717) is 11.5 Å². The summed E-state index contributed by atoms with van der Waals surface area (Å²) in [4.78, 5) is 20.1. The van der Waals surface area contributed by atoms with Crippen molar-refractivity contribution in [3.63, 3.8) is 0 Å². The minimum absolute atomic E-state index is 0.00716. The summed E-state index contributed by atoms with van der Waals surface area (Å²) in [5, 5.41) is 6.80. The Morgan fingerprint density at radius 1 is 1.42 bits per heavy atom. The summed E-state index contributed by atoms with van der Waals surface area (Å²) in [6.07, 6.45) is 3.35. The molecule has 0 spiro atoms. The van der Waals surface area contributed by atoms with Gasteiger partial charge in [0.15, 0.2) is 0 Å². The number of hydrogen-bond donors (Lipinski definition) is 3. The van der Waals surface area contributed by atoms with Crippen molar-refractivity contribution in [2.45, 2.75) is 18.9 Å². The van der Waals surface area contributed by atoms with Crippen LogP contribution >= 0.6 is 0 Å². The van der Waals surface area contributed by atoms with Crippen LogP contribution < -0.4 is 16.4 Å². The molecule has 98 valence electrons. The minimum Gasteiger partial charge on any atom is -0.383 e. The number of benzene rings is 1. The molecule has 0 bridgehead atoms. The summed E-state index contributed by atoms with van der Waals surface area (Å²) in [6, 6.07) is 5.35. The monoisotopic (exact) mass is 257 g/mol. The second-order valence-electron chi connectivity index (χ2n) is 4.63. The summed E-state index contributed by atoms with van der Waals surface area (Å²) in [6.45, 7) is 0.899. The molecule has 6 heteroatoms. The van der Waals surface area contributed by atoms with E-state index in [1.807, 2.05) is 12.1 Å². The highest BCUT2D eigenvalue weighted by Crippen LogP contribution is 2.21. The van der Waals surface area contributed by atoms with Crippen LogP contribution in [0.4, 0.5) is 11.5 Å². The lowest BCUT2D eigenvalue weighted by Crippen LogP contribution is -2.35. The fourth-order valence-electron chi connectivity index (χ4n) is 2.29. The Morgan fingerprint density at radius 3 is 3.11 bits per heavy atom. The number of rotatable bonds is 2. The predicted molar refractivity (Wildman–Crippen MR) is 73.6 cm³/mol. The Labute approximate surface area is 110 Å². The molecule has 2 aromatic rings. The Morgan fingerprint density at radius 2 is 2.32 bits per heavy atom. The van der Waals surface area contributed by atoms with Gasteiger partial charge in [0.2, 0.25) is 5.91 Å². The number of hydrogen-bond acceptors (Lipinski definition) is 5. The third kappa shape index (κ3) is 2.34. The van der Waals surface area contributed by atoms with Crippen molar-refractivity contribution in [2.75, 3.05) is 17.6 Å². The molecule has 3 rings (SSSR count). The van der Waals surface area contributed by atoms with E-state index in [2.05, 4.69) is 20.6 Å². The molecule has 1 fully saturated rings. The van der Waals surface area contributed by atoms with Crippen molar-refractivity contribution in [1.29, 1.82) is 0 Å². The quantitative estimate of drug-likeness (QED) is 0.743. The van der Waals surface area contributed by atoms with Gasteiger partial charge in [0.1, 0.15) is 12.1 Å². The second kappa shape index (κ2) is 4.81. The van der Waals surface area contributed by atoms with Crippen LogP contribution in [0.25, 0.3) is 10.9 Å². The van der Waals surface area contributed by atoms with Gasteiger partial charge in [0.25, 0.3) is 0 Å². The third-order valence-corrected chi connectivity index (χ3v) is 3.31. The van der Waals surface area contributed by atoms with Crippen LogP contribution in [-0.2, 0) is 4.79 Å². The Balaban J connectivity index is 1.85. The van der Waals surface area contributed by atoms with Crippen LogP contribution in [-0.4, -0.2) is 28.5 Å². The van der Waals surface area contributed by atoms with E-state index in [1.54, 1.807) is 6.07 Å². The van der Waals surface area contributed by atoms with E-state index >= 15 is 0 Å². The maximum absolute atomic E-state index is 12.0. The van der Waals surface area contributed by atoms with E-state index in [0.717, 1.165) is 30.3 Å². The maximum Gasteiger partial charge on any atom is 0.241 e. The molecule has 0 saturated carbocycles. The van der Waals surface area contributed by atoms with Crippen molar-refractivity contribution < 1.29 is 4.79 Å². The second-order valence-corrected chi connectivity index (χ2v) is 4.63. The normalized spacial score (nSPS) is 18.6. The topological polar surface area (TPSA) is 92.9 Å². The average Bonchev–Trinajstić information content (AvgIpc) is 2.94. The van der Waals surface area contributed by atoms with Gasteiger partial charge in [0, 0.05) is 11.1 Å². The average molecular weight is 257 g/mol. The van der Waals surface area contributed by atoms with Crippen LogP contribution in [0.3, 0.4) is 0 Å². The smallest absolute Gasteiger partial charge is 0.241 e. The Kier molecular flexibility index (Phi) is 3.00. The van der Waals surface area contributed by atoms with Gasteiger partial charge in [-0.25, -0.2) is 9.97 Å². The fourth-order valence-corrected chi connectivity index (χ4v) is 2.29. The van der Waals surface area contributed by atoms with E-state index in [-0.39, 0.29) is 11.9 Å². The molecule has 1 aromatic heterocycles. The molecule has 1 aromatic carbocycles. The SMILES string of the molecule is Nc1ncnc2ccc(NC(=O)C3CCCN3)cc12. The van der Waals surface area contributed by atoms with Crippen LogP contribution in [0, 0.1) is 0 Å².